The highest BCUT2D eigenvalue weighted by atomic mass is 16.2. The summed E-state index contributed by atoms with van der Waals surface area (Å²) in [5, 5.41) is 14.9. The first-order valence-corrected chi connectivity index (χ1v) is 10.2. The lowest BCUT2D eigenvalue weighted by atomic mass is 9.98. The zero-order valence-corrected chi connectivity index (χ0v) is 17.9. The fourth-order valence-corrected chi connectivity index (χ4v) is 3.57. The summed E-state index contributed by atoms with van der Waals surface area (Å²) < 4.78 is 0. The molecule has 1 aromatic heterocycles. The lowest BCUT2D eigenvalue weighted by Crippen LogP contribution is -2.37. The molecule has 7 nitrogen and oxygen atoms in total. The van der Waals surface area contributed by atoms with Gasteiger partial charge >= 0.3 is 0 Å². The molecule has 0 saturated carbocycles. The number of aromatic amines is 1. The number of nitrogens with one attached hydrogen (secondary N) is 3. The van der Waals surface area contributed by atoms with Crippen LogP contribution in [0.25, 0.3) is 0 Å². The first kappa shape index (κ1) is 22.5. The van der Waals surface area contributed by atoms with Crippen LogP contribution in [0.1, 0.15) is 40.4 Å². The Kier molecular flexibility index (Phi) is 7.19. The monoisotopic (exact) mass is 428 g/mol. The van der Waals surface area contributed by atoms with E-state index in [4.69, 9.17) is 0 Å². The number of para-hydroxylation sites is 1. The maximum Gasteiger partial charge on any atom is 0.266 e. The summed E-state index contributed by atoms with van der Waals surface area (Å²) in [6.07, 6.45) is 0.428. The molecule has 3 N–H and O–H groups in total. The first-order chi connectivity index (χ1) is 15.4. The number of rotatable bonds is 7. The largest absolute Gasteiger partial charge is 0.341 e. The Morgan fingerprint density at radius 2 is 1.66 bits per heavy atom. The van der Waals surface area contributed by atoms with Gasteiger partial charge in [0.2, 0.25) is 5.91 Å². The van der Waals surface area contributed by atoms with Crippen molar-refractivity contribution in [1.29, 1.82) is 5.26 Å². The first-order valence-electron chi connectivity index (χ1n) is 10.2. The van der Waals surface area contributed by atoms with Crippen LogP contribution in [0.5, 0.6) is 0 Å². The quantitative estimate of drug-likeness (QED) is 0.536. The van der Waals surface area contributed by atoms with Gasteiger partial charge in [0, 0.05) is 17.8 Å². The van der Waals surface area contributed by atoms with Crippen molar-refractivity contribution in [2.24, 2.45) is 0 Å². The van der Waals surface area contributed by atoms with E-state index in [-0.39, 0.29) is 23.8 Å². The Bertz CT molecular complexity index is 1210. The van der Waals surface area contributed by atoms with Crippen molar-refractivity contribution in [2.45, 2.75) is 32.7 Å². The molecule has 162 valence electrons. The van der Waals surface area contributed by atoms with E-state index in [0.717, 1.165) is 5.56 Å². The Morgan fingerprint density at radius 1 is 1.03 bits per heavy atom. The summed E-state index contributed by atoms with van der Waals surface area (Å²) in [5.74, 6) is -0.663. The molecule has 1 unspecified atom stereocenters. The van der Waals surface area contributed by atoms with Gasteiger partial charge in [-0.15, -0.1) is 0 Å². The number of amides is 2. The van der Waals surface area contributed by atoms with Gasteiger partial charge in [-0.05, 0) is 49.1 Å². The molecule has 0 bridgehead atoms. The van der Waals surface area contributed by atoms with Crippen LogP contribution in [0.3, 0.4) is 0 Å². The van der Waals surface area contributed by atoms with Crippen LogP contribution in [0.15, 0.2) is 65.5 Å². The SMILES string of the molecule is Cc1[nH]c(=O)c(C#N)c(C)c1CCC(=O)NC(C(=O)Nc1ccccc1)c1ccccc1. The van der Waals surface area contributed by atoms with Gasteiger partial charge in [-0.25, -0.2) is 0 Å². The highest BCUT2D eigenvalue weighted by Crippen LogP contribution is 2.18. The maximum atomic E-state index is 13.0. The van der Waals surface area contributed by atoms with Crippen LogP contribution >= 0.6 is 0 Å². The van der Waals surface area contributed by atoms with Crippen molar-refractivity contribution in [3.05, 3.63) is 99.0 Å². The lowest BCUT2D eigenvalue weighted by Gasteiger charge is -2.19. The van der Waals surface area contributed by atoms with Crippen LogP contribution in [0.2, 0.25) is 0 Å². The van der Waals surface area contributed by atoms with Crippen molar-refractivity contribution in [2.75, 3.05) is 5.32 Å². The van der Waals surface area contributed by atoms with Gasteiger partial charge in [0.05, 0.1) is 0 Å². The van der Waals surface area contributed by atoms with Crippen molar-refractivity contribution >= 4 is 17.5 Å². The molecule has 1 atom stereocenters. The normalized spacial score (nSPS) is 11.3. The van der Waals surface area contributed by atoms with E-state index in [1.807, 2.05) is 30.3 Å². The van der Waals surface area contributed by atoms with Gasteiger partial charge < -0.3 is 15.6 Å². The van der Waals surface area contributed by atoms with E-state index >= 15 is 0 Å². The molecule has 32 heavy (non-hydrogen) atoms. The zero-order valence-electron chi connectivity index (χ0n) is 17.9. The molecule has 0 aliphatic heterocycles. The maximum absolute atomic E-state index is 13.0. The van der Waals surface area contributed by atoms with Crippen molar-refractivity contribution < 1.29 is 9.59 Å². The van der Waals surface area contributed by atoms with Crippen LogP contribution in [0.4, 0.5) is 5.69 Å². The van der Waals surface area contributed by atoms with Crippen LogP contribution < -0.4 is 16.2 Å². The summed E-state index contributed by atoms with van der Waals surface area (Å²) in [4.78, 5) is 40.3. The summed E-state index contributed by atoms with van der Waals surface area (Å²) >= 11 is 0. The molecule has 0 aliphatic carbocycles. The molecule has 3 aromatic rings. The van der Waals surface area contributed by atoms with Gasteiger partial charge in [0.15, 0.2) is 0 Å². The molecule has 3 rings (SSSR count). The number of benzene rings is 2. The molecule has 0 radical (unpaired) electrons. The number of nitrogens with zero attached hydrogens (tertiary/aromatic N) is 1. The third-order valence-electron chi connectivity index (χ3n) is 5.26. The standard InChI is InChI=1S/C25H24N4O3/c1-16-20(17(2)27-24(31)21(16)15-26)13-14-22(30)29-23(18-9-5-3-6-10-18)25(32)28-19-11-7-4-8-12-19/h3-12,23H,13-14H2,1-2H3,(H,27,31)(H,28,32)(H,29,30). The predicted molar refractivity (Wildman–Crippen MR) is 122 cm³/mol. The molecule has 7 heteroatoms. The third kappa shape index (κ3) is 5.29. The lowest BCUT2D eigenvalue weighted by molar-refractivity contribution is -0.126. The van der Waals surface area contributed by atoms with Crippen LogP contribution in [-0.2, 0) is 16.0 Å². The number of anilines is 1. The highest BCUT2D eigenvalue weighted by molar-refractivity contribution is 5.97. The fraction of sp³-hybridized carbons (Fsp3) is 0.200. The Balaban J connectivity index is 1.76. The van der Waals surface area contributed by atoms with Gasteiger partial charge in [0.1, 0.15) is 17.7 Å². The smallest absolute Gasteiger partial charge is 0.266 e. The zero-order chi connectivity index (χ0) is 23.1. The van der Waals surface area contributed by atoms with Crippen molar-refractivity contribution in [3.63, 3.8) is 0 Å². The van der Waals surface area contributed by atoms with Gasteiger partial charge in [-0.1, -0.05) is 48.5 Å². The van der Waals surface area contributed by atoms with E-state index in [9.17, 15) is 19.6 Å². The average Bonchev–Trinajstić information content (AvgIpc) is 2.78. The van der Waals surface area contributed by atoms with E-state index in [1.54, 1.807) is 50.2 Å². The second-order valence-corrected chi connectivity index (χ2v) is 7.44. The third-order valence-corrected chi connectivity index (χ3v) is 5.26. The number of hydrogen-bond acceptors (Lipinski definition) is 4. The number of aromatic nitrogens is 1. The van der Waals surface area contributed by atoms with Crippen molar-refractivity contribution in [1.82, 2.24) is 10.3 Å². The van der Waals surface area contributed by atoms with Crippen LogP contribution in [-0.4, -0.2) is 16.8 Å². The number of carbonyl (C=O) groups is 2. The highest BCUT2D eigenvalue weighted by Gasteiger charge is 2.23. The molecular weight excluding hydrogens is 404 g/mol. The van der Waals surface area contributed by atoms with E-state index in [0.29, 0.717) is 28.9 Å². The molecule has 1 heterocycles. The molecule has 0 aliphatic rings. The number of nitriles is 1. The summed E-state index contributed by atoms with van der Waals surface area (Å²) in [7, 11) is 0. The second kappa shape index (κ2) is 10.2. The van der Waals surface area contributed by atoms with Crippen LogP contribution in [0, 0.1) is 25.2 Å². The number of H-pyrrole nitrogens is 1. The van der Waals surface area contributed by atoms with Gasteiger partial charge in [-0.3, -0.25) is 14.4 Å². The summed E-state index contributed by atoms with van der Waals surface area (Å²) in [5.41, 5.74) is 2.87. The van der Waals surface area contributed by atoms with E-state index in [1.165, 1.54) is 0 Å². The van der Waals surface area contributed by atoms with E-state index < -0.39 is 11.6 Å². The molecule has 2 amide bonds. The minimum absolute atomic E-state index is 0.0513. The Labute approximate surface area is 186 Å². The molecular formula is C25H24N4O3. The van der Waals surface area contributed by atoms with Crippen molar-refractivity contribution in [3.8, 4) is 6.07 Å². The van der Waals surface area contributed by atoms with Gasteiger partial charge in [-0.2, -0.15) is 5.26 Å². The summed E-state index contributed by atoms with van der Waals surface area (Å²) in [6.45, 7) is 3.44. The number of hydrogen-bond donors (Lipinski definition) is 3. The van der Waals surface area contributed by atoms with Gasteiger partial charge in [0.25, 0.3) is 11.5 Å². The summed E-state index contributed by atoms with van der Waals surface area (Å²) in [6, 6.07) is 19.1. The molecule has 0 spiro atoms. The second-order valence-electron chi connectivity index (χ2n) is 7.44. The predicted octanol–water partition coefficient (Wildman–Crippen LogP) is 3.29. The average molecular weight is 428 g/mol. The van der Waals surface area contributed by atoms with E-state index in [2.05, 4.69) is 15.6 Å². The molecule has 0 saturated heterocycles. The Morgan fingerprint density at radius 3 is 2.28 bits per heavy atom. The minimum Gasteiger partial charge on any atom is -0.341 e. The fourth-order valence-electron chi connectivity index (χ4n) is 3.57. The number of carbonyl (C=O) groups excluding carboxylic acids is 2. The number of pyridine rings is 1. The molecule has 0 fully saturated rings. The molecule has 2 aromatic carbocycles. The number of aryl methyl sites for hydroxylation is 1. The Hall–Kier alpha value is -4.18. The minimum atomic E-state index is -0.864. The topological polar surface area (TPSA) is 115 Å².